The number of benzene rings is 1. The first-order valence-electron chi connectivity index (χ1n) is 8.84. The van der Waals surface area contributed by atoms with Crippen molar-refractivity contribution in [2.24, 2.45) is 0 Å². The van der Waals surface area contributed by atoms with Crippen LogP contribution >= 0.6 is 0 Å². The number of nitrogens with zero attached hydrogens (tertiary/aromatic N) is 2. The molecule has 4 nitrogen and oxygen atoms in total. The summed E-state index contributed by atoms with van der Waals surface area (Å²) in [6.07, 6.45) is 8.98. The molecular weight excluding hydrogens is 298 g/mol. The maximum atomic E-state index is 12.9. The van der Waals surface area contributed by atoms with E-state index in [0.717, 1.165) is 37.9 Å². The summed E-state index contributed by atoms with van der Waals surface area (Å²) < 4.78 is 0. The summed E-state index contributed by atoms with van der Waals surface area (Å²) in [6, 6.07) is 12.3. The lowest BCUT2D eigenvalue weighted by atomic mass is 10.0. The quantitative estimate of drug-likeness (QED) is 0.882. The number of amides is 2. The summed E-state index contributed by atoms with van der Waals surface area (Å²) in [4.78, 5) is 19.0. The van der Waals surface area contributed by atoms with E-state index in [1.165, 1.54) is 17.5 Å². The third kappa shape index (κ3) is 3.94. The number of aryl methyl sites for hydroxylation is 1. The van der Waals surface area contributed by atoms with E-state index >= 15 is 0 Å². The van der Waals surface area contributed by atoms with Gasteiger partial charge in [0.05, 0.1) is 6.04 Å². The predicted molar refractivity (Wildman–Crippen MR) is 97.0 cm³/mol. The van der Waals surface area contributed by atoms with Crippen LogP contribution in [0.2, 0.25) is 0 Å². The van der Waals surface area contributed by atoms with E-state index in [2.05, 4.69) is 29.4 Å². The topological polar surface area (TPSA) is 45.2 Å². The maximum Gasteiger partial charge on any atom is 0.322 e. The highest BCUT2D eigenvalue weighted by molar-refractivity contribution is 5.89. The molecule has 0 saturated carbocycles. The molecule has 24 heavy (non-hydrogen) atoms. The first kappa shape index (κ1) is 16.5. The van der Waals surface area contributed by atoms with Gasteiger partial charge in [-0.1, -0.05) is 31.9 Å². The molecule has 1 aliphatic heterocycles. The number of carbonyl (C=O) groups excluding carboxylic acids is 1. The highest BCUT2D eigenvalue weighted by atomic mass is 16.2. The lowest BCUT2D eigenvalue weighted by molar-refractivity contribution is 0.189. The zero-order valence-electron chi connectivity index (χ0n) is 14.2. The molecule has 1 N–H and O–H groups in total. The first-order chi connectivity index (χ1) is 11.8. The Hall–Kier alpha value is -2.36. The Morgan fingerprint density at radius 2 is 2.04 bits per heavy atom. The van der Waals surface area contributed by atoms with Crippen molar-refractivity contribution in [1.29, 1.82) is 0 Å². The molecule has 2 aromatic rings. The van der Waals surface area contributed by atoms with Crippen molar-refractivity contribution in [3.8, 4) is 0 Å². The summed E-state index contributed by atoms with van der Waals surface area (Å²) in [6.45, 7) is 2.92. The first-order valence-corrected chi connectivity index (χ1v) is 8.84. The molecule has 3 rings (SSSR count). The Morgan fingerprint density at radius 1 is 1.21 bits per heavy atom. The standard InChI is InChI=1S/C20H25N3O/c1-2-16-7-6-8-18(15-16)22-20(24)23-14-5-3-4-9-19(23)17-10-12-21-13-11-17/h6-8,10-13,15,19H,2-5,9,14H2,1H3,(H,22,24). The van der Waals surface area contributed by atoms with Gasteiger partial charge in [-0.25, -0.2) is 4.79 Å². The van der Waals surface area contributed by atoms with Crippen LogP contribution in [0.25, 0.3) is 0 Å². The van der Waals surface area contributed by atoms with E-state index in [-0.39, 0.29) is 12.1 Å². The van der Waals surface area contributed by atoms with E-state index in [0.29, 0.717) is 0 Å². The lowest BCUT2D eigenvalue weighted by Crippen LogP contribution is -2.38. The van der Waals surface area contributed by atoms with Crippen molar-refractivity contribution >= 4 is 11.7 Å². The fourth-order valence-electron chi connectivity index (χ4n) is 3.35. The van der Waals surface area contributed by atoms with Crippen LogP contribution in [0.1, 0.15) is 49.8 Å². The van der Waals surface area contributed by atoms with Crippen molar-refractivity contribution in [3.05, 3.63) is 59.9 Å². The van der Waals surface area contributed by atoms with Gasteiger partial charge >= 0.3 is 6.03 Å². The average Bonchev–Trinajstić information content (AvgIpc) is 2.88. The zero-order chi connectivity index (χ0) is 16.8. The molecule has 0 radical (unpaired) electrons. The molecule has 2 heterocycles. The lowest BCUT2D eigenvalue weighted by Gasteiger charge is -2.30. The molecule has 1 unspecified atom stereocenters. The third-order valence-electron chi connectivity index (χ3n) is 4.69. The molecule has 126 valence electrons. The maximum absolute atomic E-state index is 12.9. The summed E-state index contributed by atoms with van der Waals surface area (Å²) in [5, 5.41) is 3.09. The number of rotatable bonds is 3. The summed E-state index contributed by atoms with van der Waals surface area (Å²) >= 11 is 0. The molecule has 2 amide bonds. The van der Waals surface area contributed by atoms with Gasteiger partial charge in [0.25, 0.3) is 0 Å². The minimum absolute atomic E-state index is 0.00744. The van der Waals surface area contributed by atoms with Crippen LogP contribution in [0.15, 0.2) is 48.8 Å². The van der Waals surface area contributed by atoms with E-state index in [1.807, 2.05) is 29.2 Å². The minimum atomic E-state index is -0.00744. The normalized spacial score (nSPS) is 18.0. The molecule has 0 spiro atoms. The van der Waals surface area contributed by atoms with Crippen LogP contribution < -0.4 is 5.32 Å². The van der Waals surface area contributed by atoms with Gasteiger partial charge in [-0.3, -0.25) is 4.98 Å². The second-order valence-electron chi connectivity index (χ2n) is 6.32. The second-order valence-corrected chi connectivity index (χ2v) is 6.32. The van der Waals surface area contributed by atoms with Gasteiger partial charge in [0.1, 0.15) is 0 Å². The zero-order valence-corrected chi connectivity index (χ0v) is 14.2. The van der Waals surface area contributed by atoms with Crippen LogP contribution in [0.3, 0.4) is 0 Å². The minimum Gasteiger partial charge on any atom is -0.317 e. The smallest absolute Gasteiger partial charge is 0.317 e. The number of aromatic nitrogens is 1. The van der Waals surface area contributed by atoms with Crippen molar-refractivity contribution < 1.29 is 4.79 Å². The number of likely N-dealkylation sites (tertiary alicyclic amines) is 1. The number of nitrogens with one attached hydrogen (secondary N) is 1. The third-order valence-corrected chi connectivity index (χ3v) is 4.69. The van der Waals surface area contributed by atoms with Crippen molar-refractivity contribution in [1.82, 2.24) is 9.88 Å². The molecule has 1 atom stereocenters. The number of hydrogen-bond donors (Lipinski definition) is 1. The molecule has 0 bridgehead atoms. The van der Waals surface area contributed by atoms with Gasteiger partial charge in [0.15, 0.2) is 0 Å². The summed E-state index contributed by atoms with van der Waals surface area (Å²) in [5.41, 5.74) is 3.27. The summed E-state index contributed by atoms with van der Waals surface area (Å²) in [7, 11) is 0. The molecule has 4 heteroatoms. The molecular formula is C20H25N3O. The van der Waals surface area contributed by atoms with Crippen molar-refractivity contribution in [3.63, 3.8) is 0 Å². The van der Waals surface area contributed by atoms with Crippen LogP contribution in [0.4, 0.5) is 10.5 Å². The van der Waals surface area contributed by atoms with Crippen LogP contribution in [0.5, 0.6) is 0 Å². The van der Waals surface area contributed by atoms with E-state index in [9.17, 15) is 4.79 Å². The van der Waals surface area contributed by atoms with E-state index in [4.69, 9.17) is 0 Å². The molecule has 0 aliphatic carbocycles. The number of carbonyl (C=O) groups is 1. The molecule has 1 saturated heterocycles. The van der Waals surface area contributed by atoms with Crippen molar-refractivity contribution in [2.45, 2.75) is 45.1 Å². The molecule has 1 aromatic carbocycles. The molecule has 1 aliphatic rings. The Labute approximate surface area is 143 Å². The number of pyridine rings is 1. The highest BCUT2D eigenvalue weighted by Crippen LogP contribution is 2.30. The van der Waals surface area contributed by atoms with Gasteiger partial charge < -0.3 is 10.2 Å². The number of hydrogen-bond acceptors (Lipinski definition) is 2. The Morgan fingerprint density at radius 3 is 2.83 bits per heavy atom. The van der Waals surface area contributed by atoms with Gasteiger partial charge in [-0.2, -0.15) is 0 Å². The van der Waals surface area contributed by atoms with Crippen LogP contribution in [-0.4, -0.2) is 22.5 Å². The Balaban J connectivity index is 1.79. The van der Waals surface area contributed by atoms with Crippen LogP contribution in [-0.2, 0) is 6.42 Å². The number of anilines is 1. The van der Waals surface area contributed by atoms with Gasteiger partial charge in [0.2, 0.25) is 0 Å². The van der Waals surface area contributed by atoms with Gasteiger partial charge in [-0.15, -0.1) is 0 Å². The average molecular weight is 323 g/mol. The van der Waals surface area contributed by atoms with E-state index in [1.54, 1.807) is 12.4 Å². The van der Waals surface area contributed by atoms with Gasteiger partial charge in [-0.05, 0) is 54.7 Å². The predicted octanol–water partition coefficient (Wildman–Crippen LogP) is 4.79. The van der Waals surface area contributed by atoms with Gasteiger partial charge in [0, 0.05) is 24.6 Å². The number of urea groups is 1. The monoisotopic (exact) mass is 323 g/mol. The van der Waals surface area contributed by atoms with Crippen molar-refractivity contribution in [2.75, 3.05) is 11.9 Å². The summed E-state index contributed by atoms with van der Waals surface area (Å²) in [5.74, 6) is 0. The fourth-order valence-corrected chi connectivity index (χ4v) is 3.35. The largest absolute Gasteiger partial charge is 0.322 e. The fraction of sp³-hybridized carbons (Fsp3) is 0.400. The SMILES string of the molecule is CCc1cccc(NC(=O)N2CCCCCC2c2ccncc2)c1. The highest BCUT2D eigenvalue weighted by Gasteiger charge is 2.26. The van der Waals surface area contributed by atoms with E-state index < -0.39 is 0 Å². The molecule has 1 fully saturated rings. The van der Waals surface area contributed by atoms with Crippen LogP contribution in [0, 0.1) is 0 Å². The Kier molecular flexibility index (Phi) is 5.47. The molecule has 1 aromatic heterocycles. The second kappa shape index (κ2) is 7.95. The Bertz CT molecular complexity index is 672.